The molecule has 0 fully saturated rings. The summed E-state index contributed by atoms with van der Waals surface area (Å²) in [6.45, 7) is 3.82. The van der Waals surface area contributed by atoms with Crippen LogP contribution in [0.2, 0.25) is 0 Å². The highest BCUT2D eigenvalue weighted by molar-refractivity contribution is 5.80. The predicted molar refractivity (Wildman–Crippen MR) is 98.7 cm³/mol. The number of aromatic nitrogens is 3. The molecule has 2 atom stereocenters. The molecular weight excluding hydrogens is 312 g/mol. The standard InChI is InChI=1S/C19H26N6/c1-13-22-18-17(8-5-11-25(18)24-13)23-19(20-2)21-12-15-10-9-14-6-3-4-7-16(14)15/h3-4,6-7,15,17H,5,8-12H2,1-2H3,(H2,20,21,23). The van der Waals surface area contributed by atoms with Gasteiger partial charge in [-0.3, -0.25) is 4.99 Å². The van der Waals surface area contributed by atoms with Gasteiger partial charge in [-0.15, -0.1) is 0 Å². The summed E-state index contributed by atoms with van der Waals surface area (Å²) in [5.41, 5.74) is 2.98. The van der Waals surface area contributed by atoms with E-state index in [2.05, 4.69) is 50.0 Å². The number of hydrogen-bond acceptors (Lipinski definition) is 3. The van der Waals surface area contributed by atoms with Gasteiger partial charge in [0.2, 0.25) is 0 Å². The van der Waals surface area contributed by atoms with Crippen molar-refractivity contribution < 1.29 is 0 Å². The van der Waals surface area contributed by atoms with Crippen molar-refractivity contribution in [2.45, 2.75) is 51.1 Å². The van der Waals surface area contributed by atoms with Crippen molar-refractivity contribution in [2.75, 3.05) is 13.6 Å². The van der Waals surface area contributed by atoms with E-state index in [1.54, 1.807) is 0 Å². The van der Waals surface area contributed by atoms with Crippen molar-refractivity contribution in [1.29, 1.82) is 0 Å². The van der Waals surface area contributed by atoms with E-state index in [1.165, 1.54) is 24.0 Å². The fourth-order valence-corrected chi connectivity index (χ4v) is 4.04. The first-order valence-corrected chi connectivity index (χ1v) is 9.21. The van der Waals surface area contributed by atoms with E-state index >= 15 is 0 Å². The first-order chi connectivity index (χ1) is 12.2. The fourth-order valence-electron chi connectivity index (χ4n) is 4.04. The van der Waals surface area contributed by atoms with Gasteiger partial charge in [-0.05, 0) is 43.7 Å². The van der Waals surface area contributed by atoms with E-state index in [-0.39, 0.29) is 6.04 Å². The first kappa shape index (κ1) is 16.1. The normalized spacial score (nSPS) is 22.4. The van der Waals surface area contributed by atoms with Crippen LogP contribution in [0.25, 0.3) is 0 Å². The molecular formula is C19H26N6. The van der Waals surface area contributed by atoms with Crippen LogP contribution in [-0.2, 0) is 13.0 Å². The number of aliphatic imine (C=N–C) groups is 1. The zero-order valence-corrected chi connectivity index (χ0v) is 15.0. The third kappa shape index (κ3) is 3.25. The summed E-state index contributed by atoms with van der Waals surface area (Å²) in [6.07, 6.45) is 4.56. The highest BCUT2D eigenvalue weighted by atomic mass is 15.4. The van der Waals surface area contributed by atoms with Crippen LogP contribution in [0.3, 0.4) is 0 Å². The maximum Gasteiger partial charge on any atom is 0.191 e. The zero-order chi connectivity index (χ0) is 17.2. The molecule has 2 aliphatic rings. The van der Waals surface area contributed by atoms with Crippen molar-refractivity contribution >= 4 is 5.96 Å². The van der Waals surface area contributed by atoms with Crippen LogP contribution < -0.4 is 10.6 Å². The van der Waals surface area contributed by atoms with Crippen LogP contribution in [0.4, 0.5) is 0 Å². The maximum atomic E-state index is 4.59. The average molecular weight is 338 g/mol. The number of guanidine groups is 1. The predicted octanol–water partition coefficient (Wildman–Crippen LogP) is 2.32. The Morgan fingerprint density at radius 3 is 3.08 bits per heavy atom. The summed E-state index contributed by atoms with van der Waals surface area (Å²) < 4.78 is 2.02. The third-order valence-corrected chi connectivity index (χ3v) is 5.29. The molecule has 1 aromatic heterocycles. The average Bonchev–Trinajstić information content (AvgIpc) is 3.21. The van der Waals surface area contributed by atoms with E-state index in [0.717, 1.165) is 43.5 Å². The number of fused-ring (bicyclic) bond motifs is 2. The van der Waals surface area contributed by atoms with Crippen molar-refractivity contribution in [3.05, 3.63) is 47.0 Å². The molecule has 6 heteroatoms. The van der Waals surface area contributed by atoms with Gasteiger partial charge < -0.3 is 10.6 Å². The van der Waals surface area contributed by atoms with Crippen molar-refractivity contribution in [1.82, 2.24) is 25.4 Å². The van der Waals surface area contributed by atoms with Gasteiger partial charge in [0.15, 0.2) is 5.96 Å². The summed E-state index contributed by atoms with van der Waals surface area (Å²) in [7, 11) is 1.83. The van der Waals surface area contributed by atoms with Crippen molar-refractivity contribution in [2.24, 2.45) is 4.99 Å². The summed E-state index contributed by atoms with van der Waals surface area (Å²) in [4.78, 5) is 9.01. The number of rotatable bonds is 3. The van der Waals surface area contributed by atoms with Crippen molar-refractivity contribution in [3.8, 4) is 0 Å². The number of aryl methyl sites for hydroxylation is 3. The molecule has 0 radical (unpaired) electrons. The van der Waals surface area contributed by atoms with E-state index < -0.39 is 0 Å². The summed E-state index contributed by atoms with van der Waals surface area (Å²) >= 11 is 0. The maximum absolute atomic E-state index is 4.59. The smallest absolute Gasteiger partial charge is 0.191 e. The van der Waals surface area contributed by atoms with Crippen LogP contribution in [-0.4, -0.2) is 34.3 Å². The lowest BCUT2D eigenvalue weighted by molar-refractivity contribution is 0.397. The molecule has 1 aliphatic heterocycles. The Kier molecular flexibility index (Phi) is 4.42. The minimum Gasteiger partial charge on any atom is -0.356 e. The van der Waals surface area contributed by atoms with Crippen LogP contribution in [0.1, 0.15) is 54.0 Å². The Balaban J connectivity index is 1.40. The van der Waals surface area contributed by atoms with Crippen LogP contribution in [0, 0.1) is 6.92 Å². The Bertz CT molecular complexity index is 778. The minimum absolute atomic E-state index is 0.178. The molecule has 0 spiro atoms. The van der Waals surface area contributed by atoms with Gasteiger partial charge in [-0.1, -0.05) is 24.3 Å². The number of nitrogens with one attached hydrogen (secondary N) is 2. The number of nitrogens with zero attached hydrogens (tertiary/aromatic N) is 4. The van der Waals surface area contributed by atoms with Crippen LogP contribution in [0.5, 0.6) is 0 Å². The molecule has 1 aliphatic carbocycles. The largest absolute Gasteiger partial charge is 0.356 e. The summed E-state index contributed by atoms with van der Waals surface area (Å²) in [6, 6.07) is 8.96. The molecule has 132 valence electrons. The molecule has 2 N–H and O–H groups in total. The summed E-state index contributed by atoms with van der Waals surface area (Å²) in [5.74, 6) is 3.28. The molecule has 1 aromatic carbocycles. The quantitative estimate of drug-likeness (QED) is 0.666. The second-order valence-electron chi connectivity index (χ2n) is 6.97. The third-order valence-electron chi connectivity index (χ3n) is 5.29. The Morgan fingerprint density at radius 2 is 2.20 bits per heavy atom. The Labute approximate surface area is 148 Å². The molecule has 2 heterocycles. The molecule has 0 bridgehead atoms. The Morgan fingerprint density at radius 1 is 1.32 bits per heavy atom. The topological polar surface area (TPSA) is 67.1 Å². The minimum atomic E-state index is 0.178. The van der Waals surface area contributed by atoms with Crippen LogP contribution >= 0.6 is 0 Å². The van der Waals surface area contributed by atoms with Gasteiger partial charge in [0.25, 0.3) is 0 Å². The summed E-state index contributed by atoms with van der Waals surface area (Å²) in [5, 5.41) is 11.5. The van der Waals surface area contributed by atoms with Gasteiger partial charge in [0.05, 0.1) is 6.04 Å². The van der Waals surface area contributed by atoms with E-state index in [4.69, 9.17) is 0 Å². The van der Waals surface area contributed by atoms with E-state index in [9.17, 15) is 0 Å². The van der Waals surface area contributed by atoms with Gasteiger partial charge >= 0.3 is 0 Å². The molecule has 0 saturated carbocycles. The SMILES string of the molecule is CN=C(NCC1CCc2ccccc21)NC1CCCn2nc(C)nc21. The van der Waals surface area contributed by atoms with Gasteiger partial charge in [-0.25, -0.2) is 9.67 Å². The van der Waals surface area contributed by atoms with Gasteiger partial charge in [0.1, 0.15) is 11.6 Å². The van der Waals surface area contributed by atoms with E-state index in [1.807, 2.05) is 18.7 Å². The molecule has 0 saturated heterocycles. The lowest BCUT2D eigenvalue weighted by atomic mass is 10.0. The molecule has 0 amide bonds. The lowest BCUT2D eigenvalue weighted by Crippen LogP contribution is -2.42. The number of benzene rings is 1. The lowest BCUT2D eigenvalue weighted by Gasteiger charge is -2.25. The number of hydrogen-bond donors (Lipinski definition) is 2. The fraction of sp³-hybridized carbons (Fsp3) is 0.526. The van der Waals surface area contributed by atoms with E-state index in [0.29, 0.717) is 5.92 Å². The second kappa shape index (κ2) is 6.86. The van der Waals surface area contributed by atoms with Gasteiger partial charge in [-0.2, -0.15) is 5.10 Å². The molecule has 4 rings (SSSR count). The highest BCUT2D eigenvalue weighted by Crippen LogP contribution is 2.32. The molecule has 6 nitrogen and oxygen atoms in total. The Hall–Kier alpha value is -2.37. The van der Waals surface area contributed by atoms with Crippen LogP contribution in [0.15, 0.2) is 29.3 Å². The highest BCUT2D eigenvalue weighted by Gasteiger charge is 2.25. The molecule has 25 heavy (non-hydrogen) atoms. The molecule has 2 aromatic rings. The first-order valence-electron chi connectivity index (χ1n) is 9.21. The zero-order valence-electron chi connectivity index (χ0n) is 15.0. The van der Waals surface area contributed by atoms with Crippen molar-refractivity contribution in [3.63, 3.8) is 0 Å². The molecule has 2 unspecified atom stereocenters. The van der Waals surface area contributed by atoms with Gasteiger partial charge in [0, 0.05) is 26.1 Å². The monoisotopic (exact) mass is 338 g/mol. The second-order valence-corrected chi connectivity index (χ2v) is 6.97.